The summed E-state index contributed by atoms with van der Waals surface area (Å²) in [6.07, 6.45) is 18.0. The van der Waals surface area contributed by atoms with E-state index in [1.54, 1.807) is 0 Å². The van der Waals surface area contributed by atoms with Crippen molar-refractivity contribution in [1.82, 2.24) is 0 Å². The van der Waals surface area contributed by atoms with Crippen molar-refractivity contribution in [2.75, 3.05) is 0 Å². The van der Waals surface area contributed by atoms with Crippen molar-refractivity contribution in [2.24, 2.45) is 0 Å². The Morgan fingerprint density at radius 2 is 0.743 bits per heavy atom. The van der Waals surface area contributed by atoms with Gasteiger partial charge in [0.25, 0.3) is 0 Å². The van der Waals surface area contributed by atoms with Crippen LogP contribution in [0.1, 0.15) is 116 Å². The molecule has 3 fully saturated rings. The van der Waals surface area contributed by atoms with Crippen LogP contribution in [0.25, 0.3) is 0 Å². The maximum Gasteiger partial charge on any atom is -1.00 e. The quantitative estimate of drug-likeness (QED) is 0.190. The van der Waals surface area contributed by atoms with Gasteiger partial charge in [-0.05, 0) is 0 Å². The van der Waals surface area contributed by atoms with E-state index >= 15 is 0 Å². The van der Waals surface area contributed by atoms with Gasteiger partial charge < -0.3 is 12.4 Å². The summed E-state index contributed by atoms with van der Waals surface area (Å²) < 4.78 is 19.6. The molecule has 35 heavy (non-hydrogen) atoms. The maximum atomic E-state index is 12.4. The second kappa shape index (κ2) is 17.9. The fourth-order valence-electron chi connectivity index (χ4n) is 5.49. The molecule has 0 atom stereocenters. The third kappa shape index (κ3) is 13.0. The van der Waals surface area contributed by atoms with Crippen LogP contribution in [0.2, 0.25) is 13.3 Å². The van der Waals surface area contributed by atoms with Crippen LogP contribution in [0.5, 0.6) is 0 Å². The Morgan fingerprint density at radius 3 is 1.00 bits per heavy atom. The monoisotopic (exact) mass is 620 g/mol. The first-order valence-corrected chi connectivity index (χ1v) is 20.1. The summed E-state index contributed by atoms with van der Waals surface area (Å²) in [4.78, 5) is 37.3. The van der Waals surface area contributed by atoms with Crippen molar-refractivity contribution < 1.29 is 41.0 Å². The van der Waals surface area contributed by atoms with Gasteiger partial charge in [-0.25, -0.2) is 0 Å². The van der Waals surface area contributed by atoms with E-state index in [0.717, 1.165) is 90.4 Å². The molecule has 0 amide bonds. The number of esters is 3. The topological polar surface area (TPSA) is 78.9 Å². The van der Waals surface area contributed by atoms with E-state index in [4.69, 9.17) is 14.2 Å². The van der Waals surface area contributed by atoms with Gasteiger partial charge in [0.2, 0.25) is 0 Å². The van der Waals surface area contributed by atoms with Crippen molar-refractivity contribution in [3.8, 4) is 0 Å². The molecule has 200 valence electrons. The van der Waals surface area contributed by atoms with Gasteiger partial charge in [0.15, 0.2) is 0 Å². The molecule has 0 saturated heterocycles. The summed E-state index contributed by atoms with van der Waals surface area (Å²) in [5.74, 6) is -0.293. The van der Waals surface area contributed by atoms with Gasteiger partial charge in [-0.2, -0.15) is 0 Å². The molecule has 6 nitrogen and oxygen atoms in total. The van der Waals surface area contributed by atoms with Gasteiger partial charge in [0.05, 0.1) is 0 Å². The largest absolute Gasteiger partial charge is 1.00 e. The fraction of sp³-hybridized carbons (Fsp3) is 0.889. The first-order valence-electron chi connectivity index (χ1n) is 14.0. The van der Waals surface area contributed by atoms with Crippen molar-refractivity contribution in [2.45, 2.75) is 147 Å². The molecule has 3 rings (SSSR count). The van der Waals surface area contributed by atoms with E-state index in [-0.39, 0.29) is 48.6 Å². The van der Waals surface area contributed by atoms with Crippen molar-refractivity contribution in [1.29, 1.82) is 0 Å². The van der Waals surface area contributed by atoms with Crippen LogP contribution < -0.4 is 12.4 Å². The molecule has 0 N–H and O–H groups in total. The van der Waals surface area contributed by atoms with Crippen LogP contribution in [0.4, 0.5) is 0 Å². The molecule has 0 radical (unpaired) electrons. The minimum atomic E-state index is -2.13. The zero-order chi connectivity index (χ0) is 24.0. The zero-order valence-corrected chi connectivity index (χ0v) is 25.0. The molecule has 0 unspecified atom stereocenters. The minimum Gasteiger partial charge on any atom is -1.00 e. The second-order valence-electron chi connectivity index (χ2n) is 10.5. The predicted octanol–water partition coefficient (Wildman–Crippen LogP) is 3.28. The molecule has 0 aromatic rings. The average molecular weight is 620 g/mol. The van der Waals surface area contributed by atoms with Gasteiger partial charge >= 0.3 is 213 Å². The summed E-state index contributed by atoms with van der Waals surface area (Å²) in [7, 11) is 0. The van der Waals surface area contributed by atoms with Crippen molar-refractivity contribution in [3.05, 3.63) is 0 Å². The first kappa shape index (κ1) is 30.7. The van der Waals surface area contributed by atoms with Crippen molar-refractivity contribution in [3.63, 3.8) is 0 Å². The molecular weight excluding hydrogens is 574 g/mol. The van der Waals surface area contributed by atoms with Crippen LogP contribution in [-0.2, 0) is 28.6 Å². The molecule has 0 aromatic carbocycles. The van der Waals surface area contributed by atoms with E-state index < -0.39 is 19.8 Å². The predicted molar refractivity (Wildman–Crippen MR) is 133 cm³/mol. The zero-order valence-electron chi connectivity index (χ0n) is 21.4. The molecule has 3 saturated carbocycles. The van der Waals surface area contributed by atoms with Crippen LogP contribution >= 0.6 is 0 Å². The molecule has 8 heteroatoms. The van der Waals surface area contributed by atoms with Gasteiger partial charge in [-0.15, -0.1) is 0 Å². The molecule has 0 aliphatic heterocycles. The van der Waals surface area contributed by atoms with E-state index in [2.05, 4.69) is 0 Å². The Hall–Kier alpha value is -0.501. The molecule has 3 aliphatic rings. The Morgan fingerprint density at radius 1 is 0.486 bits per heavy atom. The number of rotatable bonds is 12. The molecule has 0 spiro atoms. The Kier molecular flexibility index (Phi) is 15.7. The van der Waals surface area contributed by atoms with Gasteiger partial charge in [-0.3, -0.25) is 0 Å². The summed E-state index contributed by atoms with van der Waals surface area (Å²) in [6, 6.07) is 0. The van der Waals surface area contributed by atoms with Crippen LogP contribution in [0.15, 0.2) is 0 Å². The van der Waals surface area contributed by atoms with Gasteiger partial charge in [-0.1, -0.05) is 0 Å². The third-order valence-electron chi connectivity index (χ3n) is 7.60. The number of carbonyl (C=O) groups excluding carboxylic acids is 3. The fourth-order valence-corrected chi connectivity index (χ4v) is 12.4. The SMILES string of the molecule is O=C(C[CH2][Sn+]([CH2]CC(=O)OC1CCCCC1)[CH2]CC(=O)OC1CCCCC1)OC1CCCCC1.[Cl-]. The first-order chi connectivity index (χ1) is 16.6. The standard InChI is InChI=1S/3C9H15O2.ClH.Sn/c3*1-2-9(10)11-8-6-4-3-5-7-8;;/h3*8H,1-7H2;1H;/q;;;;+1/p-1. The third-order valence-corrected chi connectivity index (χ3v) is 15.8. The Balaban J connectivity index is 0.00000432. The molecular formula is C27H45ClO6Sn. The molecule has 0 aromatic heterocycles. The Bertz CT molecular complexity index is 542. The minimum absolute atomic E-state index is 0. The number of hydrogen-bond acceptors (Lipinski definition) is 6. The van der Waals surface area contributed by atoms with E-state index in [0.29, 0.717) is 19.3 Å². The van der Waals surface area contributed by atoms with E-state index in [9.17, 15) is 14.4 Å². The van der Waals surface area contributed by atoms with Gasteiger partial charge in [0, 0.05) is 0 Å². The van der Waals surface area contributed by atoms with Crippen molar-refractivity contribution >= 4 is 37.7 Å². The number of halogens is 1. The molecule has 0 heterocycles. The maximum absolute atomic E-state index is 12.4. The number of ether oxygens (including phenoxy) is 3. The average Bonchev–Trinajstić information content (AvgIpc) is 2.85. The smallest absolute Gasteiger partial charge is 1.00 e. The summed E-state index contributed by atoms with van der Waals surface area (Å²) in [6.45, 7) is 0. The van der Waals surface area contributed by atoms with Crippen LogP contribution in [0.3, 0.4) is 0 Å². The summed E-state index contributed by atoms with van der Waals surface area (Å²) >= 11 is -2.13. The van der Waals surface area contributed by atoms with Crippen LogP contribution in [-0.4, -0.2) is 56.0 Å². The number of hydrogen-bond donors (Lipinski definition) is 0. The summed E-state index contributed by atoms with van der Waals surface area (Å²) in [5.41, 5.74) is 0. The van der Waals surface area contributed by atoms with E-state index in [1.807, 2.05) is 0 Å². The normalized spacial score (nSPS) is 19.9. The van der Waals surface area contributed by atoms with Gasteiger partial charge in [0.1, 0.15) is 0 Å². The van der Waals surface area contributed by atoms with Crippen LogP contribution in [0, 0.1) is 0 Å². The molecule has 3 aliphatic carbocycles. The number of carbonyl (C=O) groups is 3. The Labute approximate surface area is 225 Å². The second-order valence-corrected chi connectivity index (χ2v) is 19.1. The summed E-state index contributed by atoms with van der Waals surface area (Å²) in [5, 5.41) is 0. The molecule has 0 bridgehead atoms. The van der Waals surface area contributed by atoms with E-state index in [1.165, 1.54) is 19.3 Å².